The normalized spacial score (nSPS) is 20.2. The maximum Gasteiger partial charge on any atom is 0.251 e. The van der Waals surface area contributed by atoms with Gasteiger partial charge >= 0.3 is 0 Å². The standard InChI is InChI=1S/C14H20BrN3O/c1-18-6-2-3-10(9-18)8-17-14(19)11-4-5-13(16)12(15)7-11/h4-5,7,10H,2-3,6,8-9,16H2,1H3,(H,17,19). The molecule has 1 saturated heterocycles. The lowest BCUT2D eigenvalue weighted by molar-refractivity contribution is 0.0937. The number of nitrogen functional groups attached to an aromatic ring is 1. The molecule has 0 bridgehead atoms. The maximum atomic E-state index is 12.0. The van der Waals surface area contributed by atoms with Crippen LogP contribution in [0.4, 0.5) is 5.69 Å². The van der Waals surface area contributed by atoms with Crippen molar-refractivity contribution in [2.75, 3.05) is 32.4 Å². The van der Waals surface area contributed by atoms with Gasteiger partial charge in [-0.05, 0) is 66.5 Å². The molecule has 1 heterocycles. The van der Waals surface area contributed by atoms with Crippen LogP contribution < -0.4 is 11.1 Å². The summed E-state index contributed by atoms with van der Waals surface area (Å²) in [5, 5.41) is 3.01. The molecule has 0 spiro atoms. The Morgan fingerprint density at radius 3 is 3.05 bits per heavy atom. The van der Waals surface area contributed by atoms with Crippen LogP contribution in [0.1, 0.15) is 23.2 Å². The molecule has 5 heteroatoms. The van der Waals surface area contributed by atoms with Crippen molar-refractivity contribution in [1.82, 2.24) is 10.2 Å². The predicted molar refractivity (Wildman–Crippen MR) is 81.1 cm³/mol. The average Bonchev–Trinajstić information content (AvgIpc) is 2.39. The number of carbonyl (C=O) groups is 1. The number of anilines is 1. The fourth-order valence-electron chi connectivity index (χ4n) is 2.45. The summed E-state index contributed by atoms with van der Waals surface area (Å²) in [4.78, 5) is 14.4. The van der Waals surface area contributed by atoms with E-state index in [2.05, 4.69) is 33.2 Å². The number of benzene rings is 1. The highest BCUT2D eigenvalue weighted by Crippen LogP contribution is 2.20. The molecule has 0 saturated carbocycles. The molecular weight excluding hydrogens is 306 g/mol. The summed E-state index contributed by atoms with van der Waals surface area (Å²) in [5.74, 6) is 0.522. The van der Waals surface area contributed by atoms with Crippen molar-refractivity contribution in [2.24, 2.45) is 5.92 Å². The average molecular weight is 326 g/mol. The summed E-state index contributed by atoms with van der Waals surface area (Å²) in [5.41, 5.74) is 7.00. The molecule has 1 fully saturated rings. The SMILES string of the molecule is CN1CCCC(CNC(=O)c2ccc(N)c(Br)c2)C1. The largest absolute Gasteiger partial charge is 0.398 e. The number of nitrogens with two attached hydrogens (primary N) is 1. The number of hydrogen-bond donors (Lipinski definition) is 2. The molecule has 4 nitrogen and oxygen atoms in total. The topological polar surface area (TPSA) is 58.4 Å². The number of carbonyl (C=O) groups excluding carboxylic acids is 1. The van der Waals surface area contributed by atoms with E-state index in [-0.39, 0.29) is 5.91 Å². The monoisotopic (exact) mass is 325 g/mol. The van der Waals surface area contributed by atoms with Crippen molar-refractivity contribution in [3.8, 4) is 0 Å². The van der Waals surface area contributed by atoms with Crippen LogP contribution in [0.25, 0.3) is 0 Å². The van der Waals surface area contributed by atoms with Gasteiger partial charge in [-0.2, -0.15) is 0 Å². The molecule has 1 atom stereocenters. The van der Waals surface area contributed by atoms with Gasteiger partial charge in [-0.1, -0.05) is 0 Å². The summed E-state index contributed by atoms with van der Waals surface area (Å²) in [6, 6.07) is 5.26. The third-order valence-corrected chi connectivity index (χ3v) is 4.22. The van der Waals surface area contributed by atoms with E-state index in [9.17, 15) is 4.79 Å². The summed E-state index contributed by atoms with van der Waals surface area (Å²) in [7, 11) is 2.13. The Balaban J connectivity index is 1.88. The van der Waals surface area contributed by atoms with E-state index >= 15 is 0 Å². The van der Waals surface area contributed by atoms with E-state index in [4.69, 9.17) is 5.73 Å². The number of rotatable bonds is 3. The van der Waals surface area contributed by atoms with Gasteiger partial charge in [0.05, 0.1) is 0 Å². The molecule has 104 valence electrons. The van der Waals surface area contributed by atoms with Gasteiger partial charge in [0, 0.05) is 28.8 Å². The molecule has 19 heavy (non-hydrogen) atoms. The maximum absolute atomic E-state index is 12.0. The van der Waals surface area contributed by atoms with Crippen molar-refractivity contribution in [3.63, 3.8) is 0 Å². The minimum atomic E-state index is -0.0334. The molecular formula is C14H20BrN3O. The Bertz CT molecular complexity index is 464. The lowest BCUT2D eigenvalue weighted by Gasteiger charge is -2.29. The van der Waals surface area contributed by atoms with E-state index in [1.807, 2.05) is 0 Å². The Morgan fingerprint density at radius 1 is 1.58 bits per heavy atom. The van der Waals surface area contributed by atoms with E-state index in [0.717, 1.165) is 24.1 Å². The lowest BCUT2D eigenvalue weighted by atomic mass is 9.98. The van der Waals surface area contributed by atoms with Gasteiger partial charge in [0.15, 0.2) is 0 Å². The zero-order chi connectivity index (χ0) is 13.8. The smallest absolute Gasteiger partial charge is 0.251 e. The Morgan fingerprint density at radius 2 is 2.37 bits per heavy atom. The van der Waals surface area contributed by atoms with Crippen molar-refractivity contribution in [3.05, 3.63) is 28.2 Å². The zero-order valence-electron chi connectivity index (χ0n) is 11.2. The molecule has 3 N–H and O–H groups in total. The van der Waals surface area contributed by atoms with Crippen LogP contribution in [0.2, 0.25) is 0 Å². The second-order valence-corrected chi connectivity index (χ2v) is 6.07. The number of hydrogen-bond acceptors (Lipinski definition) is 3. The van der Waals surface area contributed by atoms with Crippen molar-refractivity contribution in [1.29, 1.82) is 0 Å². The summed E-state index contributed by atoms with van der Waals surface area (Å²) >= 11 is 3.34. The second kappa shape index (κ2) is 6.39. The van der Waals surface area contributed by atoms with Crippen molar-refractivity contribution in [2.45, 2.75) is 12.8 Å². The molecule has 1 amide bonds. The van der Waals surface area contributed by atoms with Gasteiger partial charge < -0.3 is 16.0 Å². The second-order valence-electron chi connectivity index (χ2n) is 5.22. The van der Waals surface area contributed by atoms with E-state index in [1.54, 1.807) is 18.2 Å². The highest BCUT2D eigenvalue weighted by atomic mass is 79.9. The Kier molecular flexibility index (Phi) is 4.82. The minimum absolute atomic E-state index is 0.0334. The first-order chi connectivity index (χ1) is 9.06. The fraction of sp³-hybridized carbons (Fsp3) is 0.500. The third kappa shape index (κ3) is 3.94. The number of piperidine rings is 1. The van der Waals surface area contributed by atoms with Crippen LogP contribution in [-0.4, -0.2) is 37.5 Å². The highest BCUT2D eigenvalue weighted by Gasteiger charge is 2.18. The summed E-state index contributed by atoms with van der Waals surface area (Å²) in [6.07, 6.45) is 2.40. The zero-order valence-corrected chi connectivity index (χ0v) is 12.7. The number of amides is 1. The molecule has 1 aliphatic heterocycles. The van der Waals surface area contributed by atoms with E-state index in [1.165, 1.54) is 12.8 Å². The number of nitrogens with one attached hydrogen (secondary N) is 1. The molecule has 1 aromatic carbocycles. The first kappa shape index (κ1) is 14.3. The Hall–Kier alpha value is -1.07. The molecule has 1 unspecified atom stereocenters. The quantitative estimate of drug-likeness (QED) is 0.837. The first-order valence-corrected chi connectivity index (χ1v) is 7.37. The predicted octanol–water partition coefficient (Wildman–Crippen LogP) is 2.10. The molecule has 0 aliphatic carbocycles. The van der Waals surface area contributed by atoms with Crippen LogP contribution >= 0.6 is 15.9 Å². The van der Waals surface area contributed by atoms with Crippen LogP contribution in [0.3, 0.4) is 0 Å². The van der Waals surface area contributed by atoms with Crippen LogP contribution in [0, 0.1) is 5.92 Å². The van der Waals surface area contributed by atoms with Crippen molar-refractivity contribution >= 4 is 27.5 Å². The van der Waals surface area contributed by atoms with Gasteiger partial charge in [-0.3, -0.25) is 4.79 Å². The molecule has 2 rings (SSSR count). The minimum Gasteiger partial charge on any atom is -0.398 e. The summed E-state index contributed by atoms with van der Waals surface area (Å²) < 4.78 is 0.762. The van der Waals surface area contributed by atoms with Gasteiger partial charge in [0.1, 0.15) is 0 Å². The van der Waals surface area contributed by atoms with Crippen LogP contribution in [-0.2, 0) is 0 Å². The highest BCUT2D eigenvalue weighted by molar-refractivity contribution is 9.10. The van der Waals surface area contributed by atoms with Crippen LogP contribution in [0.15, 0.2) is 22.7 Å². The molecule has 1 aliphatic rings. The molecule has 0 radical (unpaired) electrons. The van der Waals surface area contributed by atoms with Gasteiger partial charge in [0.2, 0.25) is 0 Å². The van der Waals surface area contributed by atoms with E-state index < -0.39 is 0 Å². The lowest BCUT2D eigenvalue weighted by Crippen LogP contribution is -2.39. The first-order valence-electron chi connectivity index (χ1n) is 6.58. The summed E-state index contributed by atoms with van der Waals surface area (Å²) in [6.45, 7) is 2.96. The number of nitrogens with zero attached hydrogens (tertiary/aromatic N) is 1. The number of halogens is 1. The van der Waals surface area contributed by atoms with Gasteiger partial charge in [-0.25, -0.2) is 0 Å². The van der Waals surface area contributed by atoms with Crippen LogP contribution in [0.5, 0.6) is 0 Å². The third-order valence-electron chi connectivity index (χ3n) is 3.54. The van der Waals surface area contributed by atoms with Crippen molar-refractivity contribution < 1.29 is 4.79 Å². The molecule has 1 aromatic rings. The molecule has 0 aromatic heterocycles. The van der Waals surface area contributed by atoms with Gasteiger partial charge in [-0.15, -0.1) is 0 Å². The fourth-order valence-corrected chi connectivity index (χ4v) is 2.83. The number of likely N-dealkylation sites (tertiary alicyclic amines) is 1. The van der Waals surface area contributed by atoms with E-state index in [0.29, 0.717) is 17.2 Å². The van der Waals surface area contributed by atoms with Gasteiger partial charge in [0.25, 0.3) is 5.91 Å². The Labute approximate surface area is 122 Å².